The molecule has 3 nitrogen and oxygen atoms in total. The van der Waals surface area contributed by atoms with Gasteiger partial charge in [0.25, 0.3) is 0 Å². The van der Waals surface area contributed by atoms with Crippen molar-refractivity contribution in [1.82, 2.24) is 5.16 Å². The van der Waals surface area contributed by atoms with E-state index in [2.05, 4.69) is 5.16 Å². The summed E-state index contributed by atoms with van der Waals surface area (Å²) in [6, 6.07) is 9.59. The molecule has 0 radical (unpaired) electrons. The number of hydrogen-bond acceptors (Lipinski definition) is 3. The van der Waals surface area contributed by atoms with Crippen molar-refractivity contribution in [3.8, 4) is 11.3 Å². The molecule has 0 bridgehead atoms. The van der Waals surface area contributed by atoms with Crippen LogP contribution >= 0.6 is 0 Å². The van der Waals surface area contributed by atoms with Gasteiger partial charge in [-0.3, -0.25) is 0 Å². The van der Waals surface area contributed by atoms with E-state index < -0.39 is 0 Å². The summed E-state index contributed by atoms with van der Waals surface area (Å²) in [6.07, 6.45) is 1.53. The summed E-state index contributed by atoms with van der Waals surface area (Å²) in [5, 5.41) is 12.6. The summed E-state index contributed by atoms with van der Waals surface area (Å²) in [7, 11) is 0. The molecular weight excluding hydrogens is 166 g/mol. The van der Waals surface area contributed by atoms with E-state index in [9.17, 15) is 0 Å². The van der Waals surface area contributed by atoms with Crippen LogP contribution in [0.5, 0.6) is 0 Å². The largest absolute Gasteiger partial charge is 0.391 e. The van der Waals surface area contributed by atoms with Gasteiger partial charge in [-0.15, -0.1) is 0 Å². The van der Waals surface area contributed by atoms with E-state index in [1.54, 1.807) is 0 Å². The number of benzene rings is 1. The fraction of sp³-hybridized carbons (Fsp3) is 0.100. The van der Waals surface area contributed by atoms with E-state index in [0.29, 0.717) is 11.3 Å². The van der Waals surface area contributed by atoms with Gasteiger partial charge in [0, 0.05) is 11.1 Å². The van der Waals surface area contributed by atoms with E-state index in [0.717, 1.165) is 5.56 Å². The van der Waals surface area contributed by atoms with Crippen molar-refractivity contribution in [2.45, 2.75) is 6.61 Å². The predicted molar refractivity (Wildman–Crippen MR) is 47.9 cm³/mol. The third-order valence-electron chi connectivity index (χ3n) is 1.85. The minimum Gasteiger partial charge on any atom is -0.391 e. The first-order valence-corrected chi connectivity index (χ1v) is 4.01. The van der Waals surface area contributed by atoms with Crippen molar-refractivity contribution in [3.05, 3.63) is 42.1 Å². The Morgan fingerprint density at radius 3 is 2.69 bits per heavy atom. The summed E-state index contributed by atoms with van der Waals surface area (Å²) >= 11 is 0. The second kappa shape index (κ2) is 3.41. The van der Waals surface area contributed by atoms with E-state index >= 15 is 0 Å². The molecule has 0 spiro atoms. The standard InChI is InChI=1S/C10H9NO2/c12-7-9-6-11-13-10(9)8-4-2-1-3-5-8/h1-6,12H,7H2. The highest BCUT2D eigenvalue weighted by Gasteiger charge is 2.08. The Morgan fingerprint density at radius 2 is 2.00 bits per heavy atom. The first kappa shape index (κ1) is 8.01. The Kier molecular flexibility index (Phi) is 2.10. The first-order valence-electron chi connectivity index (χ1n) is 4.01. The number of aromatic nitrogens is 1. The van der Waals surface area contributed by atoms with Gasteiger partial charge in [0.15, 0.2) is 5.76 Å². The lowest BCUT2D eigenvalue weighted by Gasteiger charge is -1.96. The lowest BCUT2D eigenvalue weighted by molar-refractivity contribution is 0.281. The van der Waals surface area contributed by atoms with Crippen LogP contribution in [0.2, 0.25) is 0 Å². The number of hydrogen-bond donors (Lipinski definition) is 1. The Hall–Kier alpha value is -1.61. The van der Waals surface area contributed by atoms with Crippen LogP contribution in [0.15, 0.2) is 41.1 Å². The van der Waals surface area contributed by atoms with Gasteiger partial charge in [0.1, 0.15) is 0 Å². The molecule has 0 unspecified atom stereocenters. The van der Waals surface area contributed by atoms with Gasteiger partial charge in [-0.1, -0.05) is 35.5 Å². The van der Waals surface area contributed by atoms with Crippen LogP contribution in [0, 0.1) is 0 Å². The maximum Gasteiger partial charge on any atom is 0.172 e. The average molecular weight is 175 g/mol. The van der Waals surface area contributed by atoms with Crippen LogP contribution in [-0.2, 0) is 6.61 Å². The fourth-order valence-electron chi connectivity index (χ4n) is 1.20. The average Bonchev–Trinajstić information content (AvgIpc) is 2.67. The van der Waals surface area contributed by atoms with Gasteiger partial charge < -0.3 is 9.63 Å². The van der Waals surface area contributed by atoms with Gasteiger partial charge in [0.05, 0.1) is 12.8 Å². The molecule has 1 N–H and O–H groups in total. The predicted octanol–water partition coefficient (Wildman–Crippen LogP) is 1.83. The lowest BCUT2D eigenvalue weighted by Crippen LogP contribution is -1.82. The van der Waals surface area contributed by atoms with Gasteiger partial charge in [-0.05, 0) is 0 Å². The van der Waals surface area contributed by atoms with E-state index in [1.807, 2.05) is 30.3 Å². The molecule has 1 heterocycles. The topological polar surface area (TPSA) is 46.3 Å². The van der Waals surface area contributed by atoms with Crippen molar-refractivity contribution >= 4 is 0 Å². The Balaban J connectivity index is 2.47. The second-order valence-corrected chi connectivity index (χ2v) is 2.70. The second-order valence-electron chi connectivity index (χ2n) is 2.70. The van der Waals surface area contributed by atoms with Gasteiger partial charge >= 0.3 is 0 Å². The van der Waals surface area contributed by atoms with Crippen LogP contribution < -0.4 is 0 Å². The molecule has 66 valence electrons. The normalized spacial score (nSPS) is 10.2. The van der Waals surface area contributed by atoms with Crippen molar-refractivity contribution in [3.63, 3.8) is 0 Å². The molecule has 2 aromatic rings. The van der Waals surface area contributed by atoms with Crippen molar-refractivity contribution in [2.24, 2.45) is 0 Å². The third kappa shape index (κ3) is 1.46. The number of aliphatic hydroxyl groups is 1. The molecule has 3 heteroatoms. The first-order chi connectivity index (χ1) is 6.42. The minimum atomic E-state index is -0.0479. The van der Waals surface area contributed by atoms with E-state index in [1.165, 1.54) is 6.20 Å². The zero-order valence-corrected chi connectivity index (χ0v) is 6.97. The zero-order valence-electron chi connectivity index (χ0n) is 6.97. The maximum absolute atomic E-state index is 8.97. The summed E-state index contributed by atoms with van der Waals surface area (Å²) in [4.78, 5) is 0. The minimum absolute atomic E-state index is 0.0479. The molecule has 0 aliphatic heterocycles. The highest BCUT2D eigenvalue weighted by atomic mass is 16.5. The van der Waals surface area contributed by atoms with Crippen molar-refractivity contribution in [1.29, 1.82) is 0 Å². The van der Waals surface area contributed by atoms with Gasteiger partial charge in [0.2, 0.25) is 0 Å². The molecule has 0 saturated heterocycles. The van der Waals surface area contributed by atoms with Crippen LogP contribution in [0.3, 0.4) is 0 Å². The summed E-state index contributed by atoms with van der Waals surface area (Å²) in [5.41, 5.74) is 1.65. The Morgan fingerprint density at radius 1 is 1.23 bits per heavy atom. The maximum atomic E-state index is 8.97. The quantitative estimate of drug-likeness (QED) is 0.757. The van der Waals surface area contributed by atoms with E-state index in [-0.39, 0.29) is 6.61 Å². The van der Waals surface area contributed by atoms with Crippen LogP contribution in [0.4, 0.5) is 0 Å². The molecular formula is C10H9NO2. The SMILES string of the molecule is OCc1cnoc1-c1ccccc1. The van der Waals surface area contributed by atoms with Gasteiger partial charge in [-0.2, -0.15) is 0 Å². The number of aliphatic hydroxyl groups excluding tert-OH is 1. The van der Waals surface area contributed by atoms with Crippen molar-refractivity contribution < 1.29 is 9.63 Å². The molecule has 2 rings (SSSR count). The zero-order chi connectivity index (χ0) is 9.10. The molecule has 0 fully saturated rings. The van der Waals surface area contributed by atoms with Gasteiger partial charge in [-0.25, -0.2) is 0 Å². The van der Waals surface area contributed by atoms with Crippen LogP contribution in [-0.4, -0.2) is 10.3 Å². The number of rotatable bonds is 2. The molecule has 0 saturated carbocycles. The molecule has 0 aliphatic carbocycles. The molecule has 0 aliphatic rings. The summed E-state index contributed by atoms with van der Waals surface area (Å²) in [6.45, 7) is -0.0479. The summed E-state index contributed by atoms with van der Waals surface area (Å²) < 4.78 is 5.03. The molecule has 1 aromatic carbocycles. The molecule has 13 heavy (non-hydrogen) atoms. The molecule has 0 atom stereocenters. The number of nitrogens with zero attached hydrogens (tertiary/aromatic N) is 1. The van der Waals surface area contributed by atoms with Crippen molar-refractivity contribution in [2.75, 3.05) is 0 Å². The third-order valence-corrected chi connectivity index (χ3v) is 1.85. The Bertz CT molecular complexity index is 381. The molecule has 1 aromatic heterocycles. The smallest absolute Gasteiger partial charge is 0.172 e. The fourth-order valence-corrected chi connectivity index (χ4v) is 1.20. The monoisotopic (exact) mass is 175 g/mol. The van der Waals surface area contributed by atoms with E-state index in [4.69, 9.17) is 9.63 Å². The highest BCUT2D eigenvalue weighted by molar-refractivity contribution is 5.60. The molecule has 0 amide bonds. The highest BCUT2D eigenvalue weighted by Crippen LogP contribution is 2.22. The lowest BCUT2D eigenvalue weighted by atomic mass is 10.1. The Labute approximate surface area is 75.6 Å². The van der Waals surface area contributed by atoms with Crippen LogP contribution in [0.25, 0.3) is 11.3 Å². The van der Waals surface area contributed by atoms with Crippen LogP contribution in [0.1, 0.15) is 5.56 Å². The summed E-state index contributed by atoms with van der Waals surface area (Å²) in [5.74, 6) is 0.642.